The van der Waals surface area contributed by atoms with Crippen LogP contribution in [0.3, 0.4) is 0 Å². The van der Waals surface area contributed by atoms with Crippen LogP contribution in [0, 0.1) is 5.92 Å². The molecule has 1 spiro atoms. The molecule has 2 saturated carbocycles. The molecule has 0 radical (unpaired) electrons. The molecule has 1 heterocycles. The summed E-state index contributed by atoms with van der Waals surface area (Å²) >= 11 is 0. The van der Waals surface area contributed by atoms with Crippen LogP contribution in [0.15, 0.2) is 0 Å². The first-order valence-electron chi connectivity index (χ1n) is 6.88. The molecule has 1 atom stereocenters. The average Bonchev–Trinajstić information content (AvgIpc) is 3.01. The van der Waals surface area contributed by atoms with Gasteiger partial charge in [0.25, 0.3) is 0 Å². The molecule has 1 aliphatic heterocycles. The van der Waals surface area contributed by atoms with E-state index in [0.29, 0.717) is 6.04 Å². The van der Waals surface area contributed by atoms with E-state index < -0.39 is 0 Å². The molecule has 3 nitrogen and oxygen atoms in total. The highest BCUT2D eigenvalue weighted by molar-refractivity contribution is 4.90. The molecule has 16 heavy (non-hydrogen) atoms. The zero-order valence-corrected chi connectivity index (χ0v) is 10.0. The lowest BCUT2D eigenvalue weighted by Crippen LogP contribution is -2.34. The normalized spacial score (nSPS) is 34.1. The summed E-state index contributed by atoms with van der Waals surface area (Å²) in [4.78, 5) is 0. The minimum atomic E-state index is -0.201. The summed E-state index contributed by atoms with van der Waals surface area (Å²) < 4.78 is 11.5. The molecule has 3 fully saturated rings. The van der Waals surface area contributed by atoms with Gasteiger partial charge in [-0.1, -0.05) is 12.8 Å². The van der Waals surface area contributed by atoms with Gasteiger partial charge in [0, 0.05) is 18.9 Å². The first-order valence-corrected chi connectivity index (χ1v) is 6.88. The Labute approximate surface area is 97.9 Å². The topological polar surface area (TPSA) is 30.5 Å². The van der Waals surface area contributed by atoms with Gasteiger partial charge in [-0.25, -0.2) is 0 Å². The number of ether oxygens (including phenoxy) is 2. The van der Waals surface area contributed by atoms with Crippen LogP contribution in [-0.2, 0) is 9.47 Å². The van der Waals surface area contributed by atoms with Gasteiger partial charge in [-0.15, -0.1) is 0 Å². The third-order valence-corrected chi connectivity index (χ3v) is 4.41. The second-order valence-electron chi connectivity index (χ2n) is 5.61. The fourth-order valence-corrected chi connectivity index (χ4v) is 3.45. The minimum Gasteiger partial charge on any atom is -0.347 e. The highest BCUT2D eigenvalue weighted by Crippen LogP contribution is 2.37. The van der Waals surface area contributed by atoms with E-state index in [4.69, 9.17) is 9.47 Å². The van der Waals surface area contributed by atoms with Gasteiger partial charge < -0.3 is 14.8 Å². The lowest BCUT2D eigenvalue weighted by molar-refractivity contribution is -0.151. The van der Waals surface area contributed by atoms with Crippen molar-refractivity contribution in [2.24, 2.45) is 5.92 Å². The van der Waals surface area contributed by atoms with Gasteiger partial charge >= 0.3 is 0 Å². The van der Waals surface area contributed by atoms with E-state index in [1.807, 2.05) is 0 Å². The Morgan fingerprint density at radius 2 is 1.81 bits per heavy atom. The minimum absolute atomic E-state index is 0.201. The molecule has 0 amide bonds. The first-order chi connectivity index (χ1) is 7.86. The van der Waals surface area contributed by atoms with Crippen molar-refractivity contribution in [1.82, 2.24) is 5.32 Å². The Bertz CT molecular complexity index is 232. The molecular formula is C13H23NO2. The van der Waals surface area contributed by atoms with E-state index in [0.717, 1.165) is 32.0 Å². The van der Waals surface area contributed by atoms with Gasteiger partial charge in [-0.2, -0.15) is 0 Å². The largest absolute Gasteiger partial charge is 0.347 e. The Hall–Kier alpha value is -0.120. The third kappa shape index (κ3) is 2.27. The Morgan fingerprint density at radius 3 is 2.56 bits per heavy atom. The summed E-state index contributed by atoms with van der Waals surface area (Å²) in [5.74, 6) is 0.731. The van der Waals surface area contributed by atoms with Crippen LogP contribution in [0.4, 0.5) is 0 Å². The molecule has 0 aromatic rings. The molecule has 0 bridgehead atoms. The zero-order valence-electron chi connectivity index (χ0n) is 10.0. The van der Waals surface area contributed by atoms with Crippen molar-refractivity contribution in [3.63, 3.8) is 0 Å². The van der Waals surface area contributed by atoms with Crippen molar-refractivity contribution in [3.8, 4) is 0 Å². The Balaban J connectivity index is 1.43. The highest BCUT2D eigenvalue weighted by atomic mass is 16.7. The van der Waals surface area contributed by atoms with E-state index in [9.17, 15) is 0 Å². The number of rotatable bonds is 3. The monoisotopic (exact) mass is 225 g/mol. The van der Waals surface area contributed by atoms with E-state index in [1.165, 1.54) is 38.6 Å². The van der Waals surface area contributed by atoms with Crippen LogP contribution in [-0.4, -0.2) is 31.6 Å². The third-order valence-electron chi connectivity index (χ3n) is 4.41. The second kappa shape index (κ2) is 4.63. The maximum atomic E-state index is 5.74. The summed E-state index contributed by atoms with van der Waals surface area (Å²) in [7, 11) is 0. The van der Waals surface area contributed by atoms with Gasteiger partial charge in [-0.3, -0.25) is 0 Å². The standard InChI is InChI=1S/C13H23NO2/c1-2-4-11(3-1)10-14-12-5-6-13(9-12)15-7-8-16-13/h11-12,14H,1-10H2. The molecule has 0 aromatic heterocycles. The maximum absolute atomic E-state index is 5.74. The van der Waals surface area contributed by atoms with E-state index >= 15 is 0 Å². The van der Waals surface area contributed by atoms with Gasteiger partial charge in [0.1, 0.15) is 0 Å². The molecule has 1 unspecified atom stereocenters. The van der Waals surface area contributed by atoms with E-state index in [-0.39, 0.29) is 5.79 Å². The molecule has 0 aromatic carbocycles. The molecule has 1 saturated heterocycles. The predicted octanol–water partition coefficient (Wildman–Crippen LogP) is 2.06. The summed E-state index contributed by atoms with van der Waals surface area (Å²) in [5.41, 5.74) is 0. The molecule has 3 heteroatoms. The maximum Gasteiger partial charge on any atom is 0.170 e. The zero-order chi connectivity index (χ0) is 10.8. The van der Waals surface area contributed by atoms with Crippen LogP contribution < -0.4 is 5.32 Å². The van der Waals surface area contributed by atoms with Crippen molar-refractivity contribution in [1.29, 1.82) is 0 Å². The quantitative estimate of drug-likeness (QED) is 0.797. The molecule has 3 rings (SSSR count). The van der Waals surface area contributed by atoms with Gasteiger partial charge in [0.2, 0.25) is 0 Å². The fourth-order valence-electron chi connectivity index (χ4n) is 3.45. The number of nitrogens with one attached hydrogen (secondary N) is 1. The van der Waals surface area contributed by atoms with Gasteiger partial charge in [0.15, 0.2) is 5.79 Å². The van der Waals surface area contributed by atoms with E-state index in [2.05, 4.69) is 5.32 Å². The number of hydrogen-bond acceptors (Lipinski definition) is 3. The predicted molar refractivity (Wildman–Crippen MR) is 62.2 cm³/mol. The summed E-state index contributed by atoms with van der Waals surface area (Å²) in [5, 5.41) is 3.71. The Kier molecular flexibility index (Phi) is 3.18. The fraction of sp³-hybridized carbons (Fsp3) is 1.00. The summed E-state index contributed by atoms with van der Waals surface area (Å²) in [6.45, 7) is 2.78. The lowest BCUT2D eigenvalue weighted by Gasteiger charge is -2.22. The van der Waals surface area contributed by atoms with Crippen LogP contribution in [0.2, 0.25) is 0 Å². The SMILES string of the molecule is C1CCC(CNC2CCC3(C2)OCCO3)C1. The van der Waals surface area contributed by atoms with Crippen molar-refractivity contribution in [2.75, 3.05) is 19.8 Å². The summed E-state index contributed by atoms with van der Waals surface area (Å²) in [6.07, 6.45) is 9.08. The molecule has 2 aliphatic carbocycles. The summed E-state index contributed by atoms with van der Waals surface area (Å²) in [6, 6.07) is 0.624. The average molecular weight is 225 g/mol. The lowest BCUT2D eigenvalue weighted by atomic mass is 10.1. The molecule has 92 valence electrons. The van der Waals surface area contributed by atoms with Crippen molar-refractivity contribution >= 4 is 0 Å². The van der Waals surface area contributed by atoms with Crippen LogP contribution in [0.25, 0.3) is 0 Å². The van der Waals surface area contributed by atoms with Crippen molar-refractivity contribution in [2.45, 2.75) is 56.8 Å². The second-order valence-corrected chi connectivity index (χ2v) is 5.61. The van der Waals surface area contributed by atoms with Gasteiger partial charge in [-0.05, 0) is 31.7 Å². The first kappa shape index (κ1) is 11.0. The van der Waals surface area contributed by atoms with Gasteiger partial charge in [0.05, 0.1) is 13.2 Å². The smallest absolute Gasteiger partial charge is 0.170 e. The highest BCUT2D eigenvalue weighted by Gasteiger charge is 2.43. The van der Waals surface area contributed by atoms with Crippen molar-refractivity contribution in [3.05, 3.63) is 0 Å². The van der Waals surface area contributed by atoms with Crippen LogP contribution in [0.1, 0.15) is 44.9 Å². The van der Waals surface area contributed by atoms with Crippen LogP contribution in [0.5, 0.6) is 0 Å². The molecular weight excluding hydrogens is 202 g/mol. The Morgan fingerprint density at radius 1 is 1.06 bits per heavy atom. The molecule has 3 aliphatic rings. The number of hydrogen-bond donors (Lipinski definition) is 1. The van der Waals surface area contributed by atoms with E-state index in [1.54, 1.807) is 0 Å². The van der Waals surface area contributed by atoms with Crippen molar-refractivity contribution < 1.29 is 9.47 Å². The molecule has 1 N–H and O–H groups in total. The van der Waals surface area contributed by atoms with Crippen LogP contribution >= 0.6 is 0 Å².